The maximum atomic E-state index is 12.7. The minimum absolute atomic E-state index is 0.0653. The molecule has 0 N–H and O–H groups in total. The van der Waals surface area contributed by atoms with Crippen LogP contribution in [0.2, 0.25) is 0 Å². The fourth-order valence-electron chi connectivity index (χ4n) is 3.17. The van der Waals surface area contributed by atoms with E-state index in [0.717, 1.165) is 29.3 Å². The smallest absolute Gasteiger partial charge is 0.261 e. The van der Waals surface area contributed by atoms with Crippen molar-refractivity contribution in [3.63, 3.8) is 0 Å². The van der Waals surface area contributed by atoms with E-state index < -0.39 is 0 Å². The van der Waals surface area contributed by atoms with Gasteiger partial charge in [-0.1, -0.05) is 18.6 Å². The average molecular weight is 272 g/mol. The molecule has 1 aliphatic rings. The van der Waals surface area contributed by atoms with Crippen LogP contribution in [0.5, 0.6) is 0 Å². The number of methoxy groups -OCH3 is 1. The first-order valence-corrected chi connectivity index (χ1v) is 7.09. The van der Waals surface area contributed by atoms with E-state index >= 15 is 0 Å². The third-order valence-electron chi connectivity index (χ3n) is 4.43. The molecular weight excluding hydrogens is 252 g/mol. The second-order valence-corrected chi connectivity index (χ2v) is 5.93. The summed E-state index contributed by atoms with van der Waals surface area (Å²) in [5, 5.41) is 0.738. The number of hydrogen-bond donors (Lipinski definition) is 0. The zero-order valence-corrected chi connectivity index (χ0v) is 12.1. The van der Waals surface area contributed by atoms with E-state index in [9.17, 15) is 4.79 Å². The van der Waals surface area contributed by atoms with Gasteiger partial charge >= 0.3 is 0 Å². The molecule has 0 unspecified atom stereocenters. The Morgan fingerprint density at radius 3 is 2.85 bits per heavy atom. The number of benzene rings is 1. The van der Waals surface area contributed by atoms with E-state index in [1.807, 2.05) is 25.1 Å². The van der Waals surface area contributed by atoms with Gasteiger partial charge in [-0.3, -0.25) is 9.36 Å². The molecule has 1 aromatic heterocycles. The van der Waals surface area contributed by atoms with Crippen molar-refractivity contribution in [1.29, 1.82) is 0 Å². The molecule has 1 heterocycles. The van der Waals surface area contributed by atoms with Gasteiger partial charge in [0.25, 0.3) is 5.56 Å². The normalized spacial score (nSPS) is 17.1. The van der Waals surface area contributed by atoms with E-state index in [4.69, 9.17) is 4.74 Å². The second-order valence-electron chi connectivity index (χ2n) is 5.93. The molecule has 0 amide bonds. The number of rotatable bonds is 4. The molecular formula is C16H20N2O2. The molecule has 20 heavy (non-hydrogen) atoms. The van der Waals surface area contributed by atoms with E-state index in [1.165, 1.54) is 6.42 Å². The molecule has 0 atom stereocenters. The number of aryl methyl sites for hydroxylation is 1. The Morgan fingerprint density at radius 1 is 1.40 bits per heavy atom. The van der Waals surface area contributed by atoms with Crippen molar-refractivity contribution >= 4 is 10.9 Å². The lowest BCUT2D eigenvalue weighted by atomic mass is 9.69. The topological polar surface area (TPSA) is 44.1 Å². The Kier molecular flexibility index (Phi) is 3.34. The molecule has 4 heteroatoms. The molecule has 0 spiro atoms. The molecule has 1 fully saturated rings. The molecule has 1 saturated carbocycles. The van der Waals surface area contributed by atoms with Crippen LogP contribution >= 0.6 is 0 Å². The second kappa shape index (κ2) is 5.02. The van der Waals surface area contributed by atoms with E-state index in [2.05, 4.69) is 4.98 Å². The first-order valence-electron chi connectivity index (χ1n) is 7.09. The third kappa shape index (κ3) is 2.14. The molecule has 0 radical (unpaired) electrons. The van der Waals surface area contributed by atoms with Gasteiger partial charge in [0.1, 0.15) is 0 Å². The Hall–Kier alpha value is -1.68. The lowest BCUT2D eigenvalue weighted by molar-refractivity contribution is 0.00254. The summed E-state index contributed by atoms with van der Waals surface area (Å²) >= 11 is 0. The molecule has 0 aliphatic heterocycles. The van der Waals surface area contributed by atoms with Gasteiger partial charge in [-0.2, -0.15) is 0 Å². The molecule has 0 saturated heterocycles. The summed E-state index contributed by atoms with van der Waals surface area (Å²) in [5.41, 5.74) is 1.95. The zero-order valence-electron chi connectivity index (χ0n) is 12.1. The predicted octanol–water partition coefficient (Wildman–Crippen LogP) is 2.52. The van der Waals surface area contributed by atoms with E-state index in [0.29, 0.717) is 13.2 Å². The summed E-state index contributed by atoms with van der Waals surface area (Å²) in [7, 11) is 1.73. The summed E-state index contributed by atoms with van der Waals surface area (Å²) in [5.74, 6) is 0. The summed E-state index contributed by atoms with van der Waals surface area (Å²) in [6.45, 7) is 3.38. The van der Waals surface area contributed by atoms with Crippen LogP contribution in [-0.4, -0.2) is 23.3 Å². The predicted molar refractivity (Wildman–Crippen MR) is 78.9 cm³/mol. The average Bonchev–Trinajstić information content (AvgIpc) is 2.39. The van der Waals surface area contributed by atoms with Crippen LogP contribution in [0.15, 0.2) is 29.3 Å². The summed E-state index contributed by atoms with van der Waals surface area (Å²) in [6, 6.07) is 5.79. The summed E-state index contributed by atoms with van der Waals surface area (Å²) in [4.78, 5) is 17.1. The molecule has 4 nitrogen and oxygen atoms in total. The fourth-order valence-corrected chi connectivity index (χ4v) is 3.17. The number of hydrogen-bond acceptors (Lipinski definition) is 3. The van der Waals surface area contributed by atoms with Crippen molar-refractivity contribution in [2.45, 2.75) is 32.7 Å². The van der Waals surface area contributed by atoms with Crippen molar-refractivity contribution in [2.24, 2.45) is 5.41 Å². The van der Waals surface area contributed by atoms with Gasteiger partial charge < -0.3 is 4.74 Å². The van der Waals surface area contributed by atoms with E-state index in [-0.39, 0.29) is 11.0 Å². The Balaban J connectivity index is 2.02. The summed E-state index contributed by atoms with van der Waals surface area (Å²) in [6.07, 6.45) is 5.15. The maximum absolute atomic E-state index is 12.7. The number of nitrogens with zero attached hydrogens (tertiary/aromatic N) is 2. The zero-order chi connectivity index (χ0) is 14.2. The number of ether oxygens (including phenoxy) is 1. The SMILES string of the molecule is COCC1(Cn2cnc3cccc(C)c3c2=O)CCC1. The number of fused-ring (bicyclic) bond motifs is 1. The van der Waals surface area contributed by atoms with Crippen LogP contribution in [0.3, 0.4) is 0 Å². The van der Waals surface area contributed by atoms with Crippen molar-refractivity contribution in [1.82, 2.24) is 9.55 Å². The maximum Gasteiger partial charge on any atom is 0.261 e. The standard InChI is InChI=1S/C16H20N2O2/c1-12-5-3-6-13-14(12)15(19)18(11-17-13)9-16(10-20-2)7-4-8-16/h3,5-6,11H,4,7-10H2,1-2H3. The Labute approximate surface area is 118 Å². The van der Waals surface area contributed by atoms with Crippen molar-refractivity contribution in [3.8, 4) is 0 Å². The minimum Gasteiger partial charge on any atom is -0.384 e. The molecule has 3 rings (SSSR count). The van der Waals surface area contributed by atoms with Crippen LogP contribution < -0.4 is 5.56 Å². The van der Waals surface area contributed by atoms with Gasteiger partial charge in [0.2, 0.25) is 0 Å². The van der Waals surface area contributed by atoms with Crippen LogP contribution in [0.1, 0.15) is 24.8 Å². The molecule has 106 valence electrons. The van der Waals surface area contributed by atoms with Gasteiger partial charge in [-0.05, 0) is 31.4 Å². The highest BCUT2D eigenvalue weighted by Crippen LogP contribution is 2.42. The van der Waals surface area contributed by atoms with E-state index in [1.54, 1.807) is 18.0 Å². The number of aromatic nitrogens is 2. The van der Waals surface area contributed by atoms with Crippen molar-refractivity contribution in [3.05, 3.63) is 40.4 Å². The van der Waals surface area contributed by atoms with Gasteiger partial charge in [0.15, 0.2) is 0 Å². The van der Waals surface area contributed by atoms with Crippen molar-refractivity contribution < 1.29 is 4.74 Å². The fraction of sp³-hybridized carbons (Fsp3) is 0.500. The monoisotopic (exact) mass is 272 g/mol. The van der Waals surface area contributed by atoms with Gasteiger partial charge in [-0.25, -0.2) is 4.98 Å². The van der Waals surface area contributed by atoms with Crippen molar-refractivity contribution in [2.75, 3.05) is 13.7 Å². The lowest BCUT2D eigenvalue weighted by Gasteiger charge is -2.41. The highest BCUT2D eigenvalue weighted by molar-refractivity contribution is 5.80. The molecule has 1 aromatic carbocycles. The van der Waals surface area contributed by atoms with Gasteiger partial charge in [-0.15, -0.1) is 0 Å². The first-order chi connectivity index (χ1) is 9.65. The van der Waals surface area contributed by atoms with Crippen LogP contribution in [0.4, 0.5) is 0 Å². The minimum atomic E-state index is 0.0653. The molecule has 2 aromatic rings. The molecule has 1 aliphatic carbocycles. The largest absolute Gasteiger partial charge is 0.384 e. The van der Waals surface area contributed by atoms with Gasteiger partial charge in [0, 0.05) is 19.1 Å². The highest BCUT2D eigenvalue weighted by atomic mass is 16.5. The highest BCUT2D eigenvalue weighted by Gasteiger charge is 2.37. The van der Waals surface area contributed by atoms with Crippen LogP contribution in [0.25, 0.3) is 10.9 Å². The summed E-state index contributed by atoms with van der Waals surface area (Å²) < 4.78 is 7.09. The van der Waals surface area contributed by atoms with Crippen LogP contribution in [-0.2, 0) is 11.3 Å². The Morgan fingerprint density at radius 2 is 2.20 bits per heavy atom. The molecule has 0 bridgehead atoms. The first kappa shape index (κ1) is 13.3. The lowest BCUT2D eigenvalue weighted by Crippen LogP contribution is -2.41. The third-order valence-corrected chi connectivity index (χ3v) is 4.43. The quantitative estimate of drug-likeness (QED) is 0.859. The Bertz CT molecular complexity index is 686. The van der Waals surface area contributed by atoms with Gasteiger partial charge in [0.05, 0.1) is 23.8 Å². The van der Waals surface area contributed by atoms with Crippen LogP contribution in [0, 0.1) is 12.3 Å².